The molecule has 1 aliphatic carbocycles. The number of aldehydes is 1. The van der Waals surface area contributed by atoms with E-state index in [0.717, 1.165) is 27.7 Å². The summed E-state index contributed by atoms with van der Waals surface area (Å²) in [6, 6.07) is 9.23. The Labute approximate surface area is 269 Å². The summed E-state index contributed by atoms with van der Waals surface area (Å²) in [5.41, 5.74) is 2.49. The fourth-order valence-corrected chi connectivity index (χ4v) is 6.29. The number of H-pyrrole nitrogens is 1. The topological polar surface area (TPSA) is 132 Å². The van der Waals surface area contributed by atoms with Gasteiger partial charge in [-0.1, -0.05) is 81.0 Å². The monoisotopic (exact) mass is 619 g/mol. The van der Waals surface area contributed by atoms with Gasteiger partial charge in [0.1, 0.15) is 22.7 Å². The normalized spacial score (nSPS) is 22.3. The predicted octanol–water partition coefficient (Wildman–Crippen LogP) is 6.62. The number of para-hydroxylation sites is 1. The second-order valence-electron chi connectivity index (χ2n) is 13.1. The van der Waals surface area contributed by atoms with Crippen LogP contribution < -0.4 is 10.6 Å². The fraction of sp³-hybridized carbons (Fsp3) is 0.289. The molecule has 8 nitrogen and oxygen atoms in total. The number of fused-ring (bicyclic) bond motifs is 1. The van der Waals surface area contributed by atoms with Crippen LogP contribution in [0.1, 0.15) is 73.8 Å². The average molecular weight is 620 g/mol. The first-order chi connectivity index (χ1) is 21.8. The van der Waals surface area contributed by atoms with Gasteiger partial charge in [-0.15, -0.1) is 6.58 Å². The van der Waals surface area contributed by atoms with Gasteiger partial charge in [0.2, 0.25) is 0 Å². The third-order valence-corrected chi connectivity index (χ3v) is 9.04. The summed E-state index contributed by atoms with van der Waals surface area (Å²) in [7, 11) is 0. The number of phenols is 2. The first-order valence-corrected chi connectivity index (χ1v) is 15.4. The van der Waals surface area contributed by atoms with Gasteiger partial charge in [0.15, 0.2) is 6.29 Å². The molecule has 2 amide bonds. The minimum absolute atomic E-state index is 0.00724. The van der Waals surface area contributed by atoms with Gasteiger partial charge >= 0.3 is 0 Å². The molecule has 0 radical (unpaired) electrons. The van der Waals surface area contributed by atoms with Crippen molar-refractivity contribution in [3.8, 4) is 11.5 Å². The number of benzene rings is 2. The van der Waals surface area contributed by atoms with E-state index in [1.165, 1.54) is 12.1 Å². The summed E-state index contributed by atoms with van der Waals surface area (Å²) in [5.74, 6) is -1.78. The van der Waals surface area contributed by atoms with Crippen LogP contribution in [0.25, 0.3) is 23.1 Å². The van der Waals surface area contributed by atoms with E-state index in [2.05, 4.69) is 22.2 Å². The minimum Gasteiger partial charge on any atom is -0.507 e. The summed E-state index contributed by atoms with van der Waals surface area (Å²) in [6.45, 7) is 13.9. The second-order valence-corrected chi connectivity index (χ2v) is 13.1. The number of allylic oxidation sites excluding steroid dienone is 4. The number of aromatic amines is 1. The van der Waals surface area contributed by atoms with E-state index in [-0.39, 0.29) is 40.1 Å². The quantitative estimate of drug-likeness (QED) is 0.0838. The summed E-state index contributed by atoms with van der Waals surface area (Å²) in [5, 5.41) is 28.5. The van der Waals surface area contributed by atoms with E-state index in [1.807, 2.05) is 83.2 Å². The maximum atomic E-state index is 14.0. The molecule has 5 N–H and O–H groups in total. The smallest absolute Gasteiger partial charge is 0.268 e. The lowest BCUT2D eigenvalue weighted by Crippen LogP contribution is -2.68. The van der Waals surface area contributed by atoms with Crippen LogP contribution >= 0.6 is 0 Å². The maximum Gasteiger partial charge on any atom is 0.268 e. The van der Waals surface area contributed by atoms with E-state index < -0.39 is 22.8 Å². The Bertz CT molecular complexity index is 1870. The fourth-order valence-electron chi connectivity index (χ4n) is 6.29. The standard InChI is InChI=1S/C38H41N3O5/c1-7-37(5,6)34-28(26-10-8-9-11-30(26)39-34)19-31-35(45)41-38(36(46)40-31)20-23(4)13-15-25(38)16-17-27-29(21-42)33(44)24(18-32(27)43)14-12-22(2)3/h7-13,15-19,21,23,25,39,43-44H,1,14,20H2,2-6H3,(H,40,46)(H,41,45)/t23-,25-,38+/m0/s1. The highest BCUT2D eigenvalue weighted by atomic mass is 16.3. The number of hydrogen-bond donors (Lipinski definition) is 5. The minimum atomic E-state index is -1.31. The summed E-state index contributed by atoms with van der Waals surface area (Å²) < 4.78 is 0. The maximum absolute atomic E-state index is 14.0. The highest BCUT2D eigenvalue weighted by Crippen LogP contribution is 2.39. The highest BCUT2D eigenvalue weighted by molar-refractivity contribution is 6.10. The van der Waals surface area contributed by atoms with Crippen LogP contribution in [0.2, 0.25) is 0 Å². The zero-order chi connectivity index (χ0) is 33.4. The average Bonchev–Trinajstić information content (AvgIpc) is 3.39. The molecule has 3 aromatic rings. The summed E-state index contributed by atoms with van der Waals surface area (Å²) >= 11 is 0. The predicted molar refractivity (Wildman–Crippen MR) is 182 cm³/mol. The number of carbonyl (C=O) groups is 3. The van der Waals surface area contributed by atoms with Gasteiger partial charge in [-0.05, 0) is 50.8 Å². The molecule has 1 saturated heterocycles. The molecule has 2 heterocycles. The number of piperazine rings is 1. The molecule has 8 heteroatoms. The molecule has 1 fully saturated rings. The molecule has 0 saturated carbocycles. The Morgan fingerprint density at radius 3 is 2.54 bits per heavy atom. The molecule has 2 aromatic carbocycles. The van der Waals surface area contributed by atoms with Gasteiger partial charge in [0, 0.05) is 44.6 Å². The van der Waals surface area contributed by atoms with Crippen LogP contribution in [0.15, 0.2) is 78.6 Å². The van der Waals surface area contributed by atoms with Crippen LogP contribution in [0.5, 0.6) is 11.5 Å². The van der Waals surface area contributed by atoms with Crippen molar-refractivity contribution < 1.29 is 24.6 Å². The van der Waals surface area contributed by atoms with Crippen molar-refractivity contribution in [2.24, 2.45) is 11.8 Å². The number of aromatic hydroxyl groups is 2. The number of hydrogen-bond acceptors (Lipinski definition) is 5. The van der Waals surface area contributed by atoms with Crippen LogP contribution in [-0.4, -0.2) is 38.8 Å². The lowest BCUT2D eigenvalue weighted by atomic mass is 9.71. The highest BCUT2D eigenvalue weighted by Gasteiger charge is 2.50. The first-order valence-electron chi connectivity index (χ1n) is 15.4. The van der Waals surface area contributed by atoms with Crippen molar-refractivity contribution >= 4 is 41.2 Å². The number of amides is 2. The number of aromatic nitrogens is 1. The zero-order valence-corrected chi connectivity index (χ0v) is 26.9. The van der Waals surface area contributed by atoms with Crippen molar-refractivity contribution in [2.45, 2.75) is 58.4 Å². The van der Waals surface area contributed by atoms with E-state index in [4.69, 9.17) is 0 Å². The SMILES string of the molecule is C=CC(C)(C)c1[nH]c2ccccc2c1C=C1NC(=O)[C@]2(C[C@@H](C)C=C[C@H]2C=Cc2c(O)cc(CC=C(C)C)c(O)c2C=O)NC1=O. The molecule has 46 heavy (non-hydrogen) atoms. The van der Waals surface area contributed by atoms with Crippen molar-refractivity contribution in [3.05, 3.63) is 107 Å². The molecule has 5 rings (SSSR count). The number of rotatable bonds is 8. The molecule has 1 aliphatic heterocycles. The van der Waals surface area contributed by atoms with Crippen molar-refractivity contribution in [3.63, 3.8) is 0 Å². The molecule has 1 spiro atoms. The molecular formula is C38H41N3O5. The van der Waals surface area contributed by atoms with Gasteiger partial charge in [0.25, 0.3) is 11.8 Å². The second kappa shape index (κ2) is 12.4. The Morgan fingerprint density at radius 1 is 1.11 bits per heavy atom. The van der Waals surface area contributed by atoms with E-state index >= 15 is 0 Å². The Hall–Kier alpha value is -5.11. The number of phenolic OH excluding ortho intramolecular Hbond substituents is 2. The first kappa shape index (κ1) is 32.3. The summed E-state index contributed by atoms with van der Waals surface area (Å²) in [6.07, 6.45) is 13.7. The molecule has 0 bridgehead atoms. The van der Waals surface area contributed by atoms with Crippen molar-refractivity contribution in [1.29, 1.82) is 0 Å². The van der Waals surface area contributed by atoms with Crippen LogP contribution in [-0.2, 0) is 21.4 Å². The van der Waals surface area contributed by atoms with Gasteiger partial charge in [-0.25, -0.2) is 0 Å². The lowest BCUT2D eigenvalue weighted by Gasteiger charge is -2.44. The zero-order valence-electron chi connectivity index (χ0n) is 26.9. The van der Waals surface area contributed by atoms with Gasteiger partial charge in [-0.3, -0.25) is 14.4 Å². The Balaban J connectivity index is 1.52. The van der Waals surface area contributed by atoms with E-state index in [9.17, 15) is 24.6 Å². The lowest BCUT2D eigenvalue weighted by molar-refractivity contribution is -0.138. The van der Waals surface area contributed by atoms with Gasteiger partial charge in [0.05, 0.1) is 5.56 Å². The largest absolute Gasteiger partial charge is 0.507 e. The van der Waals surface area contributed by atoms with E-state index in [1.54, 1.807) is 12.2 Å². The van der Waals surface area contributed by atoms with Crippen molar-refractivity contribution in [1.82, 2.24) is 15.6 Å². The number of carbonyl (C=O) groups excluding carboxylic acids is 3. The van der Waals surface area contributed by atoms with Crippen LogP contribution in [0.3, 0.4) is 0 Å². The molecule has 1 aromatic heterocycles. The molecule has 0 unspecified atom stereocenters. The Kier molecular flexibility index (Phi) is 8.67. The van der Waals surface area contributed by atoms with Gasteiger partial charge < -0.3 is 25.8 Å². The number of nitrogens with one attached hydrogen (secondary N) is 3. The molecule has 2 aliphatic rings. The third-order valence-electron chi connectivity index (χ3n) is 9.04. The molecule has 3 atom stereocenters. The Morgan fingerprint density at radius 2 is 1.85 bits per heavy atom. The van der Waals surface area contributed by atoms with E-state index in [0.29, 0.717) is 24.7 Å². The van der Waals surface area contributed by atoms with Gasteiger partial charge in [-0.2, -0.15) is 0 Å². The molecular weight excluding hydrogens is 578 g/mol. The van der Waals surface area contributed by atoms with Crippen LogP contribution in [0, 0.1) is 11.8 Å². The third kappa shape index (κ3) is 5.83. The van der Waals surface area contributed by atoms with Crippen LogP contribution in [0.4, 0.5) is 0 Å². The molecule has 238 valence electrons. The summed E-state index contributed by atoms with van der Waals surface area (Å²) in [4.78, 5) is 43.3. The van der Waals surface area contributed by atoms with Crippen molar-refractivity contribution in [2.75, 3.05) is 0 Å².